The fourth-order valence-electron chi connectivity index (χ4n) is 2.69. The first kappa shape index (κ1) is 16.0. The van der Waals surface area contributed by atoms with E-state index in [4.69, 9.17) is 16.6 Å². The van der Waals surface area contributed by atoms with Crippen molar-refractivity contribution in [2.24, 2.45) is 0 Å². The minimum Gasteiger partial charge on any atom is -0.324 e. The zero-order valence-electron chi connectivity index (χ0n) is 12.8. The molecule has 0 saturated carbocycles. The summed E-state index contributed by atoms with van der Waals surface area (Å²) in [4.78, 5) is 4.78. The van der Waals surface area contributed by atoms with E-state index < -0.39 is 0 Å². The van der Waals surface area contributed by atoms with Crippen LogP contribution in [0.5, 0.6) is 0 Å². The van der Waals surface area contributed by atoms with Crippen molar-refractivity contribution in [3.05, 3.63) is 70.4 Å². The van der Waals surface area contributed by atoms with Crippen molar-refractivity contribution in [2.75, 3.05) is 0 Å². The quantitative estimate of drug-likeness (QED) is 0.514. The fourth-order valence-corrected chi connectivity index (χ4v) is 3.18. The minimum absolute atomic E-state index is 0.697. The molecule has 0 amide bonds. The highest BCUT2D eigenvalue weighted by Gasteiger charge is 2.19. The van der Waals surface area contributed by atoms with Gasteiger partial charge in [0.05, 0.1) is 16.4 Å². The first-order valence-electron chi connectivity index (χ1n) is 7.39. The maximum atomic E-state index is 6.41. The van der Waals surface area contributed by atoms with Crippen molar-refractivity contribution in [3.63, 3.8) is 0 Å². The Hall–Kier alpha value is -1.84. The SMILES string of the molecule is C=Cc1nc(-c2ccccc2Cl)c(-c2ccc(Br)cc2)n1CC. The predicted molar refractivity (Wildman–Crippen MR) is 102 cm³/mol. The average Bonchev–Trinajstić information content (AvgIpc) is 2.94. The van der Waals surface area contributed by atoms with Crippen LogP contribution in [0.4, 0.5) is 0 Å². The lowest BCUT2D eigenvalue weighted by molar-refractivity contribution is 0.760. The Morgan fingerprint density at radius 2 is 1.87 bits per heavy atom. The highest BCUT2D eigenvalue weighted by molar-refractivity contribution is 9.10. The van der Waals surface area contributed by atoms with Crippen LogP contribution in [0.25, 0.3) is 28.6 Å². The van der Waals surface area contributed by atoms with Gasteiger partial charge in [-0.15, -0.1) is 0 Å². The Balaban J connectivity index is 2.32. The number of halogens is 2. The van der Waals surface area contributed by atoms with E-state index in [1.165, 1.54) is 0 Å². The lowest BCUT2D eigenvalue weighted by atomic mass is 10.0. The molecule has 0 atom stereocenters. The maximum Gasteiger partial charge on any atom is 0.133 e. The van der Waals surface area contributed by atoms with Gasteiger partial charge in [0, 0.05) is 22.1 Å². The lowest BCUT2D eigenvalue weighted by Gasteiger charge is -2.10. The topological polar surface area (TPSA) is 17.8 Å². The van der Waals surface area contributed by atoms with E-state index in [1.54, 1.807) is 6.08 Å². The average molecular weight is 388 g/mol. The van der Waals surface area contributed by atoms with Crippen LogP contribution in [0, 0.1) is 0 Å². The van der Waals surface area contributed by atoms with Crippen molar-refractivity contribution < 1.29 is 0 Å². The molecule has 3 aromatic rings. The maximum absolute atomic E-state index is 6.41. The second kappa shape index (κ2) is 6.73. The van der Waals surface area contributed by atoms with Gasteiger partial charge >= 0.3 is 0 Å². The van der Waals surface area contributed by atoms with E-state index in [-0.39, 0.29) is 0 Å². The monoisotopic (exact) mass is 386 g/mol. The molecule has 0 aliphatic carbocycles. The number of rotatable bonds is 4. The molecule has 3 rings (SSSR count). The Morgan fingerprint density at radius 3 is 2.48 bits per heavy atom. The van der Waals surface area contributed by atoms with Gasteiger partial charge in [0.25, 0.3) is 0 Å². The van der Waals surface area contributed by atoms with E-state index in [9.17, 15) is 0 Å². The highest BCUT2D eigenvalue weighted by atomic mass is 79.9. The smallest absolute Gasteiger partial charge is 0.133 e. The van der Waals surface area contributed by atoms with E-state index in [2.05, 4.69) is 46.1 Å². The van der Waals surface area contributed by atoms with Crippen LogP contribution in [0.2, 0.25) is 5.02 Å². The first-order chi connectivity index (χ1) is 11.2. The van der Waals surface area contributed by atoms with Crippen LogP contribution >= 0.6 is 27.5 Å². The number of hydrogen-bond donors (Lipinski definition) is 0. The molecule has 0 fully saturated rings. The normalized spacial score (nSPS) is 10.7. The van der Waals surface area contributed by atoms with Crippen LogP contribution in [-0.4, -0.2) is 9.55 Å². The van der Waals surface area contributed by atoms with Gasteiger partial charge in [-0.25, -0.2) is 4.98 Å². The van der Waals surface area contributed by atoms with E-state index in [0.29, 0.717) is 5.02 Å². The van der Waals surface area contributed by atoms with Crippen molar-refractivity contribution >= 4 is 33.6 Å². The van der Waals surface area contributed by atoms with Gasteiger partial charge in [-0.3, -0.25) is 0 Å². The highest BCUT2D eigenvalue weighted by Crippen LogP contribution is 2.36. The molecular weight excluding hydrogens is 372 g/mol. The van der Waals surface area contributed by atoms with Crippen LogP contribution in [-0.2, 0) is 6.54 Å². The molecule has 0 unspecified atom stereocenters. The molecule has 0 N–H and O–H groups in total. The molecule has 0 aliphatic rings. The largest absolute Gasteiger partial charge is 0.324 e. The summed E-state index contributed by atoms with van der Waals surface area (Å²) in [5, 5.41) is 0.697. The van der Waals surface area contributed by atoms with E-state index in [0.717, 1.165) is 39.4 Å². The summed E-state index contributed by atoms with van der Waals surface area (Å²) in [7, 11) is 0. The molecular formula is C19H16BrClN2. The summed E-state index contributed by atoms with van der Waals surface area (Å²) in [6.07, 6.45) is 1.78. The van der Waals surface area contributed by atoms with E-state index in [1.807, 2.05) is 36.4 Å². The van der Waals surface area contributed by atoms with Gasteiger partial charge in [0.15, 0.2) is 0 Å². The Morgan fingerprint density at radius 1 is 1.17 bits per heavy atom. The van der Waals surface area contributed by atoms with Crippen LogP contribution in [0.1, 0.15) is 12.7 Å². The minimum atomic E-state index is 0.697. The zero-order chi connectivity index (χ0) is 16.4. The van der Waals surface area contributed by atoms with Crippen LogP contribution in [0.3, 0.4) is 0 Å². The standard InChI is InChI=1S/C19H16BrClN2/c1-3-17-22-18(15-7-5-6-8-16(15)21)19(23(17)4-2)13-9-11-14(20)12-10-13/h3,5-12H,1,4H2,2H3. The van der Waals surface area contributed by atoms with Crippen LogP contribution in [0.15, 0.2) is 59.6 Å². The van der Waals surface area contributed by atoms with Crippen molar-refractivity contribution in [3.8, 4) is 22.5 Å². The summed E-state index contributed by atoms with van der Waals surface area (Å²) in [5.74, 6) is 0.848. The number of hydrogen-bond acceptors (Lipinski definition) is 1. The molecule has 1 aromatic heterocycles. The summed E-state index contributed by atoms with van der Waals surface area (Å²) < 4.78 is 3.21. The number of nitrogens with zero attached hydrogens (tertiary/aromatic N) is 2. The van der Waals surface area contributed by atoms with Crippen LogP contribution < -0.4 is 0 Å². The molecule has 0 bridgehead atoms. The zero-order valence-corrected chi connectivity index (χ0v) is 15.1. The van der Waals surface area contributed by atoms with Gasteiger partial charge in [-0.2, -0.15) is 0 Å². The van der Waals surface area contributed by atoms with Gasteiger partial charge < -0.3 is 4.57 Å². The molecule has 116 valence electrons. The number of aromatic nitrogens is 2. The summed E-state index contributed by atoms with van der Waals surface area (Å²) in [5.41, 5.74) is 3.98. The third kappa shape index (κ3) is 2.99. The second-order valence-electron chi connectivity index (χ2n) is 5.10. The molecule has 0 spiro atoms. The van der Waals surface area contributed by atoms with Crippen molar-refractivity contribution in [1.29, 1.82) is 0 Å². The lowest BCUT2D eigenvalue weighted by Crippen LogP contribution is -2.00. The molecule has 2 aromatic carbocycles. The second-order valence-corrected chi connectivity index (χ2v) is 6.43. The Kier molecular flexibility index (Phi) is 4.69. The van der Waals surface area contributed by atoms with Crippen molar-refractivity contribution in [2.45, 2.75) is 13.5 Å². The number of imidazole rings is 1. The summed E-state index contributed by atoms with van der Waals surface area (Å²) in [6, 6.07) is 16.0. The Labute approximate surface area is 149 Å². The summed E-state index contributed by atoms with van der Waals surface area (Å²) >= 11 is 9.90. The van der Waals surface area contributed by atoms with E-state index >= 15 is 0 Å². The van der Waals surface area contributed by atoms with Crippen molar-refractivity contribution in [1.82, 2.24) is 9.55 Å². The molecule has 4 heteroatoms. The predicted octanol–water partition coefficient (Wildman–Crippen LogP) is 6.30. The molecule has 0 aliphatic heterocycles. The Bertz CT molecular complexity index is 850. The molecule has 0 radical (unpaired) electrons. The van der Waals surface area contributed by atoms with Gasteiger partial charge in [-0.05, 0) is 31.2 Å². The number of benzene rings is 2. The van der Waals surface area contributed by atoms with Gasteiger partial charge in [-0.1, -0.05) is 64.4 Å². The third-order valence-corrected chi connectivity index (χ3v) is 4.60. The fraction of sp³-hybridized carbons (Fsp3) is 0.105. The molecule has 2 nitrogen and oxygen atoms in total. The summed E-state index contributed by atoms with van der Waals surface area (Å²) in [6.45, 7) is 6.81. The van der Waals surface area contributed by atoms with Gasteiger partial charge in [0.1, 0.15) is 5.82 Å². The first-order valence-corrected chi connectivity index (χ1v) is 8.56. The molecule has 1 heterocycles. The van der Waals surface area contributed by atoms with Gasteiger partial charge in [0.2, 0.25) is 0 Å². The third-order valence-electron chi connectivity index (χ3n) is 3.74. The molecule has 23 heavy (non-hydrogen) atoms. The molecule has 0 saturated heterocycles.